The number of methoxy groups -OCH3 is 1. The third-order valence-corrected chi connectivity index (χ3v) is 4.02. The molecule has 0 aromatic heterocycles. The maximum atomic E-state index is 6.17. The number of rotatable bonds is 3. The standard InChI is InChI=1S/C14H17ClN2O2/c1-18-12-6-9-8-16-17-14(15)11(9)7-13(12)19-10-4-2-3-5-10/h6-7,10,14H,2-5,8H2,1H3. The zero-order valence-corrected chi connectivity index (χ0v) is 11.7. The number of halogens is 1. The van der Waals surface area contributed by atoms with E-state index in [9.17, 15) is 0 Å². The molecule has 5 heteroatoms. The average Bonchev–Trinajstić information content (AvgIpc) is 2.92. The lowest BCUT2D eigenvalue weighted by Crippen LogP contribution is -2.12. The molecule has 1 unspecified atom stereocenters. The Labute approximate surface area is 117 Å². The van der Waals surface area contributed by atoms with Crippen LogP contribution < -0.4 is 9.47 Å². The quantitative estimate of drug-likeness (QED) is 0.614. The van der Waals surface area contributed by atoms with Crippen LogP contribution in [0, 0.1) is 0 Å². The van der Waals surface area contributed by atoms with Gasteiger partial charge in [-0.1, -0.05) is 11.6 Å². The molecule has 1 saturated carbocycles. The van der Waals surface area contributed by atoms with Gasteiger partial charge in [-0.3, -0.25) is 0 Å². The lowest BCUT2D eigenvalue weighted by Gasteiger charge is -2.20. The lowest BCUT2D eigenvalue weighted by atomic mass is 10.1. The van der Waals surface area contributed by atoms with E-state index in [4.69, 9.17) is 21.1 Å². The van der Waals surface area contributed by atoms with Gasteiger partial charge in [-0.2, -0.15) is 10.2 Å². The summed E-state index contributed by atoms with van der Waals surface area (Å²) in [5.41, 5.74) is 1.62. The second kappa shape index (κ2) is 5.37. The van der Waals surface area contributed by atoms with Crippen molar-refractivity contribution in [3.63, 3.8) is 0 Å². The zero-order chi connectivity index (χ0) is 13.2. The predicted molar refractivity (Wildman–Crippen MR) is 73.0 cm³/mol. The summed E-state index contributed by atoms with van der Waals surface area (Å²) in [5.74, 6) is 1.53. The highest BCUT2D eigenvalue weighted by atomic mass is 35.5. The topological polar surface area (TPSA) is 43.2 Å². The molecule has 4 nitrogen and oxygen atoms in total. The molecule has 0 N–H and O–H groups in total. The van der Waals surface area contributed by atoms with Gasteiger partial charge >= 0.3 is 0 Å². The number of hydrogen-bond acceptors (Lipinski definition) is 4. The molecule has 2 aliphatic rings. The summed E-state index contributed by atoms with van der Waals surface area (Å²) in [6.45, 7) is 0.554. The summed E-state index contributed by atoms with van der Waals surface area (Å²) in [6.07, 6.45) is 5.01. The minimum absolute atomic E-state index is 0.297. The van der Waals surface area contributed by atoms with Crippen molar-refractivity contribution in [2.24, 2.45) is 10.2 Å². The van der Waals surface area contributed by atoms with E-state index < -0.39 is 5.50 Å². The molecule has 1 aromatic rings. The number of azo groups is 1. The molecule has 0 saturated heterocycles. The van der Waals surface area contributed by atoms with Crippen molar-refractivity contribution in [2.45, 2.75) is 43.8 Å². The molecular formula is C14H17ClN2O2. The van der Waals surface area contributed by atoms with E-state index in [1.807, 2.05) is 12.1 Å². The van der Waals surface area contributed by atoms with E-state index >= 15 is 0 Å². The van der Waals surface area contributed by atoms with Gasteiger partial charge in [-0.25, -0.2) is 0 Å². The first kappa shape index (κ1) is 12.7. The van der Waals surface area contributed by atoms with Crippen LogP contribution in [0.4, 0.5) is 0 Å². The van der Waals surface area contributed by atoms with Gasteiger partial charge in [0.15, 0.2) is 17.0 Å². The molecule has 0 amide bonds. The van der Waals surface area contributed by atoms with Gasteiger partial charge in [0.25, 0.3) is 0 Å². The highest BCUT2D eigenvalue weighted by molar-refractivity contribution is 6.20. The van der Waals surface area contributed by atoms with Gasteiger partial charge in [0.1, 0.15) is 0 Å². The molecule has 3 rings (SSSR count). The van der Waals surface area contributed by atoms with Crippen LogP contribution in [-0.2, 0) is 6.54 Å². The molecule has 0 radical (unpaired) electrons. The summed E-state index contributed by atoms with van der Waals surface area (Å²) in [4.78, 5) is 0. The molecule has 1 aliphatic heterocycles. The Morgan fingerprint density at radius 3 is 2.74 bits per heavy atom. The number of hydrogen-bond donors (Lipinski definition) is 0. The van der Waals surface area contributed by atoms with Crippen LogP contribution in [0.25, 0.3) is 0 Å². The first-order valence-corrected chi connectivity index (χ1v) is 7.09. The largest absolute Gasteiger partial charge is 0.493 e. The molecule has 1 heterocycles. The Kier molecular flexibility index (Phi) is 3.60. The number of ether oxygens (including phenoxy) is 2. The second-order valence-electron chi connectivity index (χ2n) is 4.98. The lowest BCUT2D eigenvalue weighted by molar-refractivity contribution is 0.200. The minimum atomic E-state index is -0.416. The van der Waals surface area contributed by atoms with Gasteiger partial charge in [-0.15, -0.1) is 0 Å². The van der Waals surface area contributed by atoms with Crippen molar-refractivity contribution in [3.05, 3.63) is 23.3 Å². The SMILES string of the molecule is COc1cc2c(cc1OC1CCCC1)C(Cl)N=NC2. The van der Waals surface area contributed by atoms with Crippen molar-refractivity contribution >= 4 is 11.6 Å². The van der Waals surface area contributed by atoms with Crippen molar-refractivity contribution in [1.29, 1.82) is 0 Å². The normalized spacial score (nSPS) is 22.3. The maximum absolute atomic E-state index is 6.17. The highest BCUT2D eigenvalue weighted by Crippen LogP contribution is 2.40. The van der Waals surface area contributed by atoms with Crippen LogP contribution in [0.15, 0.2) is 22.4 Å². The van der Waals surface area contributed by atoms with E-state index in [-0.39, 0.29) is 0 Å². The molecule has 1 aliphatic carbocycles. The highest BCUT2D eigenvalue weighted by Gasteiger charge is 2.23. The van der Waals surface area contributed by atoms with Gasteiger partial charge in [0.2, 0.25) is 0 Å². The second-order valence-corrected chi connectivity index (χ2v) is 5.39. The Hall–Kier alpha value is -1.29. The summed E-state index contributed by atoms with van der Waals surface area (Å²) in [7, 11) is 1.66. The Morgan fingerprint density at radius 2 is 2.00 bits per heavy atom. The van der Waals surface area contributed by atoms with Crippen LogP contribution in [0.5, 0.6) is 11.5 Å². The molecule has 102 valence electrons. The summed E-state index contributed by atoms with van der Waals surface area (Å²) < 4.78 is 11.5. The number of nitrogens with zero attached hydrogens (tertiary/aromatic N) is 2. The fraction of sp³-hybridized carbons (Fsp3) is 0.571. The van der Waals surface area contributed by atoms with Gasteiger partial charge in [-0.05, 0) is 43.4 Å². The van der Waals surface area contributed by atoms with Crippen LogP contribution in [-0.4, -0.2) is 13.2 Å². The fourth-order valence-corrected chi connectivity index (χ4v) is 2.93. The Balaban J connectivity index is 1.91. The predicted octanol–water partition coefficient (Wildman–Crippen LogP) is 4.22. The number of benzene rings is 1. The fourth-order valence-electron chi connectivity index (χ4n) is 2.66. The molecule has 0 spiro atoms. The van der Waals surface area contributed by atoms with Crippen LogP contribution in [0.3, 0.4) is 0 Å². The van der Waals surface area contributed by atoms with Crippen LogP contribution in [0.2, 0.25) is 0 Å². The number of alkyl halides is 1. The average molecular weight is 281 g/mol. The molecule has 1 fully saturated rings. The Bertz CT molecular complexity index is 498. The summed E-state index contributed by atoms with van der Waals surface area (Å²) in [6, 6.07) is 3.93. The van der Waals surface area contributed by atoms with Crippen molar-refractivity contribution in [1.82, 2.24) is 0 Å². The van der Waals surface area contributed by atoms with E-state index in [0.717, 1.165) is 35.5 Å². The molecule has 1 aromatic carbocycles. The third-order valence-electron chi connectivity index (χ3n) is 3.70. The zero-order valence-electron chi connectivity index (χ0n) is 10.9. The summed E-state index contributed by atoms with van der Waals surface area (Å²) >= 11 is 6.17. The molecule has 0 bridgehead atoms. The molecular weight excluding hydrogens is 264 g/mol. The minimum Gasteiger partial charge on any atom is -0.493 e. The van der Waals surface area contributed by atoms with Crippen LogP contribution >= 0.6 is 11.6 Å². The maximum Gasteiger partial charge on any atom is 0.169 e. The molecule has 19 heavy (non-hydrogen) atoms. The van der Waals surface area contributed by atoms with Crippen LogP contribution in [0.1, 0.15) is 42.3 Å². The van der Waals surface area contributed by atoms with E-state index in [2.05, 4.69) is 10.2 Å². The monoisotopic (exact) mass is 280 g/mol. The van der Waals surface area contributed by atoms with Gasteiger partial charge < -0.3 is 9.47 Å². The van der Waals surface area contributed by atoms with E-state index in [1.165, 1.54) is 12.8 Å². The van der Waals surface area contributed by atoms with E-state index in [1.54, 1.807) is 7.11 Å². The smallest absolute Gasteiger partial charge is 0.169 e. The first-order chi connectivity index (χ1) is 9.28. The third kappa shape index (κ3) is 2.54. The van der Waals surface area contributed by atoms with E-state index in [0.29, 0.717) is 12.6 Å². The molecule has 1 atom stereocenters. The Morgan fingerprint density at radius 1 is 1.21 bits per heavy atom. The van der Waals surface area contributed by atoms with Gasteiger partial charge in [0, 0.05) is 5.56 Å². The van der Waals surface area contributed by atoms with Gasteiger partial charge in [0.05, 0.1) is 19.8 Å². The van der Waals surface area contributed by atoms with Crippen molar-refractivity contribution < 1.29 is 9.47 Å². The summed E-state index contributed by atoms with van der Waals surface area (Å²) in [5, 5.41) is 8.00. The van der Waals surface area contributed by atoms with Crippen molar-refractivity contribution in [2.75, 3.05) is 7.11 Å². The number of fused-ring (bicyclic) bond motifs is 1. The van der Waals surface area contributed by atoms with Crippen molar-refractivity contribution in [3.8, 4) is 11.5 Å². The first-order valence-electron chi connectivity index (χ1n) is 6.66.